The van der Waals surface area contributed by atoms with Crippen molar-refractivity contribution in [1.29, 1.82) is 5.41 Å². The van der Waals surface area contributed by atoms with Crippen molar-refractivity contribution in [2.45, 2.75) is 38.6 Å². The van der Waals surface area contributed by atoms with Crippen LogP contribution >= 0.6 is 23.4 Å². The van der Waals surface area contributed by atoms with Gasteiger partial charge in [0.2, 0.25) is 11.8 Å². The highest BCUT2D eigenvalue weighted by Gasteiger charge is 2.46. The Morgan fingerprint density at radius 3 is 2.64 bits per heavy atom. The maximum absolute atomic E-state index is 13.4. The average Bonchev–Trinajstić information content (AvgIpc) is 2.90. The molecule has 4 N–H and O–H groups in total. The molecular formula is C28H31ClN6O3S. The number of dihydropyridines is 1. The number of carbonyl (C=O) groups excluding carboxylic acids is 2. The van der Waals surface area contributed by atoms with Crippen LogP contribution in [0.25, 0.3) is 11.3 Å². The summed E-state index contributed by atoms with van der Waals surface area (Å²) in [5.41, 5.74) is 9.31. The minimum absolute atomic E-state index is 0.00395. The predicted octanol–water partition coefficient (Wildman–Crippen LogP) is 4.85. The lowest BCUT2D eigenvalue weighted by Gasteiger charge is -2.40. The number of nitrogens with zero attached hydrogens (tertiary/aromatic N) is 3. The number of benzene rings is 1. The number of aromatic nitrogens is 1. The number of amidine groups is 1. The number of pyridine rings is 1. The Kier molecular flexibility index (Phi) is 7.90. The van der Waals surface area contributed by atoms with Crippen molar-refractivity contribution in [1.82, 2.24) is 15.2 Å². The molecule has 2 amide bonds. The van der Waals surface area contributed by atoms with Crippen LogP contribution in [0.5, 0.6) is 5.88 Å². The van der Waals surface area contributed by atoms with Gasteiger partial charge in [0.1, 0.15) is 5.00 Å². The monoisotopic (exact) mass is 566 g/mol. The Hall–Kier alpha value is -3.63. The zero-order chi connectivity index (χ0) is 28.5. The number of allylic oxidation sites excluding steroid dienone is 2. The SMILES string of the molecule is CCN(C)C(=O)c1ccc(-c2ccc3c(n2)OC2=C(C=CC(C)(Cl)N2)C3C(C)(C)C(=O)N=C(N)SC=N)cc1. The molecule has 0 radical (unpaired) electrons. The van der Waals surface area contributed by atoms with Gasteiger partial charge in [-0.15, -0.1) is 0 Å². The first-order valence-electron chi connectivity index (χ1n) is 12.4. The molecule has 0 bridgehead atoms. The third-order valence-electron chi connectivity index (χ3n) is 6.82. The molecule has 2 aliphatic heterocycles. The van der Waals surface area contributed by atoms with Crippen molar-refractivity contribution in [2.24, 2.45) is 16.1 Å². The van der Waals surface area contributed by atoms with Gasteiger partial charge in [0.05, 0.1) is 16.7 Å². The van der Waals surface area contributed by atoms with Gasteiger partial charge in [-0.3, -0.25) is 9.59 Å². The number of ether oxygens (including phenoxy) is 1. The number of hydrogen-bond acceptors (Lipinski definition) is 7. The second-order valence-corrected chi connectivity index (χ2v) is 11.7. The summed E-state index contributed by atoms with van der Waals surface area (Å²) in [5.74, 6) is -0.222. The summed E-state index contributed by atoms with van der Waals surface area (Å²) in [6.07, 6.45) is 3.66. The lowest BCUT2D eigenvalue weighted by molar-refractivity contribution is -0.126. The maximum Gasteiger partial charge on any atom is 0.254 e. The summed E-state index contributed by atoms with van der Waals surface area (Å²) in [5, 5.41) is 10.4. The number of hydrogen-bond donors (Lipinski definition) is 3. The highest BCUT2D eigenvalue weighted by Crippen LogP contribution is 2.50. The van der Waals surface area contributed by atoms with E-state index in [1.54, 1.807) is 50.9 Å². The van der Waals surface area contributed by atoms with Gasteiger partial charge >= 0.3 is 0 Å². The van der Waals surface area contributed by atoms with Gasteiger partial charge in [0.25, 0.3) is 11.8 Å². The molecule has 11 heteroatoms. The highest BCUT2D eigenvalue weighted by molar-refractivity contribution is 8.24. The molecule has 3 heterocycles. The molecule has 0 aliphatic carbocycles. The van der Waals surface area contributed by atoms with E-state index in [9.17, 15) is 9.59 Å². The van der Waals surface area contributed by atoms with Crippen LogP contribution in [0.1, 0.15) is 49.5 Å². The van der Waals surface area contributed by atoms with Gasteiger partial charge in [-0.1, -0.05) is 49.7 Å². The topological polar surface area (TPSA) is 134 Å². The number of carbonyl (C=O) groups is 2. The van der Waals surface area contributed by atoms with Gasteiger partial charge in [0, 0.05) is 41.8 Å². The van der Waals surface area contributed by atoms with E-state index in [-0.39, 0.29) is 11.1 Å². The maximum atomic E-state index is 13.4. The van der Waals surface area contributed by atoms with E-state index in [1.165, 1.54) is 0 Å². The zero-order valence-corrected chi connectivity index (χ0v) is 24.0. The number of rotatable bonds is 6. The van der Waals surface area contributed by atoms with Crippen LogP contribution in [0.4, 0.5) is 0 Å². The van der Waals surface area contributed by atoms with Crippen molar-refractivity contribution in [3.8, 4) is 17.1 Å². The predicted molar refractivity (Wildman–Crippen MR) is 156 cm³/mol. The molecule has 4 rings (SSSR count). The lowest BCUT2D eigenvalue weighted by Crippen LogP contribution is -2.43. The second-order valence-electron chi connectivity index (χ2n) is 10.1. The molecule has 204 valence electrons. The van der Waals surface area contributed by atoms with Gasteiger partial charge in [-0.2, -0.15) is 4.99 Å². The van der Waals surface area contributed by atoms with Crippen LogP contribution < -0.4 is 15.8 Å². The zero-order valence-electron chi connectivity index (χ0n) is 22.4. The third-order valence-corrected chi connectivity index (χ3v) is 7.49. The average molecular weight is 567 g/mol. The Labute approximate surface area is 237 Å². The van der Waals surface area contributed by atoms with E-state index in [0.29, 0.717) is 35.1 Å². The van der Waals surface area contributed by atoms with Crippen LogP contribution in [0.3, 0.4) is 0 Å². The largest absolute Gasteiger partial charge is 0.422 e. The van der Waals surface area contributed by atoms with E-state index >= 15 is 0 Å². The van der Waals surface area contributed by atoms with Crippen molar-refractivity contribution >= 4 is 45.9 Å². The lowest BCUT2D eigenvalue weighted by atomic mass is 9.69. The summed E-state index contributed by atoms with van der Waals surface area (Å²) in [4.78, 5) is 35.5. The number of fused-ring (bicyclic) bond motifs is 1. The molecule has 0 saturated carbocycles. The summed E-state index contributed by atoms with van der Waals surface area (Å²) >= 11 is 7.42. The molecule has 0 spiro atoms. The normalized spacial score (nSPS) is 20.4. The molecule has 2 unspecified atom stereocenters. The number of nitrogens with one attached hydrogen (secondary N) is 2. The Morgan fingerprint density at radius 1 is 1.31 bits per heavy atom. The molecule has 0 fully saturated rings. The van der Waals surface area contributed by atoms with Gasteiger partial charge < -0.3 is 26.1 Å². The standard InChI is InChI=1S/C28H31ClN6O3S/c1-6-35(5)24(36)17-9-7-16(8-10-17)20-12-11-18-21(27(2,3)25(37)33-26(31)39-15-30)19-13-14-28(4,29)34-23(19)38-22(18)32-20/h7-15,21,30,34H,6H2,1-5H3,(H2,31,33,37). The molecule has 2 aromatic rings. The van der Waals surface area contributed by atoms with Crippen molar-refractivity contribution < 1.29 is 14.3 Å². The molecule has 9 nitrogen and oxygen atoms in total. The molecule has 2 aliphatic rings. The van der Waals surface area contributed by atoms with Gasteiger partial charge in [-0.25, -0.2) is 4.98 Å². The van der Waals surface area contributed by atoms with E-state index in [1.807, 2.05) is 37.3 Å². The van der Waals surface area contributed by atoms with E-state index in [2.05, 4.69) is 10.3 Å². The van der Waals surface area contributed by atoms with E-state index in [0.717, 1.165) is 28.4 Å². The summed E-state index contributed by atoms with van der Waals surface area (Å²) < 4.78 is 6.22. The first-order chi connectivity index (χ1) is 18.4. The molecule has 39 heavy (non-hydrogen) atoms. The molecule has 1 aromatic carbocycles. The minimum atomic E-state index is -1.05. The second kappa shape index (κ2) is 10.9. The number of nitrogens with two attached hydrogens (primary N) is 1. The minimum Gasteiger partial charge on any atom is -0.422 e. The number of thioether (sulfide) groups is 1. The first kappa shape index (κ1) is 28.4. The fourth-order valence-corrected chi connectivity index (χ4v) is 4.93. The Bertz CT molecular complexity index is 1410. The Morgan fingerprint density at radius 2 is 2.00 bits per heavy atom. The van der Waals surface area contributed by atoms with Crippen LogP contribution in [0, 0.1) is 10.8 Å². The number of alkyl halides is 1. The van der Waals surface area contributed by atoms with Gasteiger partial charge in [0.15, 0.2) is 5.17 Å². The fourth-order valence-electron chi connectivity index (χ4n) is 4.53. The van der Waals surface area contributed by atoms with Crippen LogP contribution in [-0.4, -0.2) is 51.0 Å². The highest BCUT2D eigenvalue weighted by atomic mass is 35.5. The number of aliphatic imine (C=N–C) groups is 1. The third kappa shape index (κ3) is 5.72. The summed E-state index contributed by atoms with van der Waals surface area (Å²) in [6, 6.07) is 11.0. The molecule has 0 saturated heterocycles. The summed E-state index contributed by atoms with van der Waals surface area (Å²) in [7, 11) is 1.76. The van der Waals surface area contributed by atoms with Crippen LogP contribution in [0.2, 0.25) is 0 Å². The molecule has 1 aromatic heterocycles. The molecular weight excluding hydrogens is 536 g/mol. The summed E-state index contributed by atoms with van der Waals surface area (Å²) in [6.45, 7) is 7.93. The van der Waals surface area contributed by atoms with Crippen LogP contribution in [0.15, 0.2) is 65.0 Å². The van der Waals surface area contributed by atoms with Crippen LogP contribution in [-0.2, 0) is 4.79 Å². The number of halogens is 1. The van der Waals surface area contributed by atoms with Crippen molar-refractivity contribution in [3.63, 3.8) is 0 Å². The first-order valence-corrected chi connectivity index (χ1v) is 13.6. The van der Waals surface area contributed by atoms with Gasteiger partial charge in [-0.05, 0) is 49.9 Å². The number of amides is 2. The van der Waals surface area contributed by atoms with E-state index < -0.39 is 22.2 Å². The van der Waals surface area contributed by atoms with Crippen molar-refractivity contribution in [3.05, 3.63) is 71.1 Å². The fraction of sp³-hybridized carbons (Fsp3) is 0.321. The van der Waals surface area contributed by atoms with Crippen molar-refractivity contribution in [2.75, 3.05) is 13.6 Å². The smallest absolute Gasteiger partial charge is 0.254 e. The van der Waals surface area contributed by atoms with E-state index in [4.69, 9.17) is 32.5 Å². The molecule has 2 atom stereocenters. The Balaban J connectivity index is 1.76. The quantitative estimate of drug-likeness (QED) is 0.197.